The van der Waals surface area contributed by atoms with Crippen LogP contribution in [0.15, 0.2) is 0 Å². The molecule has 0 aromatic rings. The summed E-state index contributed by atoms with van der Waals surface area (Å²) in [5.41, 5.74) is 5.46. The molecule has 14 heavy (non-hydrogen) atoms. The van der Waals surface area contributed by atoms with E-state index in [4.69, 9.17) is 18.0 Å². The quantitative estimate of drug-likeness (QED) is 0.543. The van der Waals surface area contributed by atoms with E-state index in [2.05, 4.69) is 11.8 Å². The molecule has 0 amide bonds. The van der Waals surface area contributed by atoms with Gasteiger partial charge in [0, 0.05) is 6.04 Å². The SMILES string of the molecule is CCC1CCCN1CCCCC(N)=S. The Bertz CT molecular complexity index is 182. The normalized spacial score (nSPS) is 22.8. The Morgan fingerprint density at radius 2 is 2.29 bits per heavy atom. The van der Waals surface area contributed by atoms with Gasteiger partial charge in [-0.25, -0.2) is 0 Å². The Labute approximate surface area is 92.8 Å². The standard InChI is InChI=1S/C11H22N2S/c1-2-10-6-5-9-13(10)8-4-3-7-11(12)14/h10H,2-9H2,1H3,(H2,12,14). The van der Waals surface area contributed by atoms with E-state index in [0.717, 1.165) is 18.9 Å². The number of nitrogens with two attached hydrogens (primary N) is 1. The zero-order chi connectivity index (χ0) is 10.4. The van der Waals surface area contributed by atoms with E-state index >= 15 is 0 Å². The average molecular weight is 214 g/mol. The van der Waals surface area contributed by atoms with Crippen molar-refractivity contribution in [1.29, 1.82) is 0 Å². The minimum Gasteiger partial charge on any atom is -0.393 e. The molecule has 1 rings (SSSR count). The largest absolute Gasteiger partial charge is 0.393 e. The van der Waals surface area contributed by atoms with Crippen LogP contribution in [0.2, 0.25) is 0 Å². The van der Waals surface area contributed by atoms with Crippen LogP contribution in [0.1, 0.15) is 45.4 Å². The van der Waals surface area contributed by atoms with Gasteiger partial charge < -0.3 is 10.6 Å². The minimum absolute atomic E-state index is 0.665. The van der Waals surface area contributed by atoms with Crippen LogP contribution in [0, 0.1) is 0 Å². The van der Waals surface area contributed by atoms with Crippen molar-refractivity contribution in [2.45, 2.75) is 51.5 Å². The minimum atomic E-state index is 0.665. The number of unbranched alkanes of at least 4 members (excludes halogenated alkanes) is 1. The van der Waals surface area contributed by atoms with Gasteiger partial charge in [0.1, 0.15) is 0 Å². The first kappa shape index (κ1) is 11.9. The molecule has 0 aromatic heterocycles. The van der Waals surface area contributed by atoms with E-state index in [0.29, 0.717) is 4.99 Å². The molecular weight excluding hydrogens is 192 g/mol. The first-order valence-corrected chi connectivity index (χ1v) is 6.17. The summed E-state index contributed by atoms with van der Waals surface area (Å²) < 4.78 is 0. The summed E-state index contributed by atoms with van der Waals surface area (Å²) in [7, 11) is 0. The Morgan fingerprint density at radius 3 is 2.93 bits per heavy atom. The summed E-state index contributed by atoms with van der Waals surface area (Å²) in [5.74, 6) is 0. The van der Waals surface area contributed by atoms with E-state index < -0.39 is 0 Å². The average Bonchev–Trinajstić information content (AvgIpc) is 2.59. The third kappa shape index (κ3) is 3.93. The maximum absolute atomic E-state index is 5.46. The van der Waals surface area contributed by atoms with Gasteiger partial charge in [-0.2, -0.15) is 0 Å². The van der Waals surface area contributed by atoms with Gasteiger partial charge in [0.2, 0.25) is 0 Å². The lowest BCUT2D eigenvalue weighted by atomic mass is 10.1. The number of hydrogen-bond acceptors (Lipinski definition) is 2. The molecule has 1 unspecified atom stereocenters. The number of hydrogen-bond donors (Lipinski definition) is 1. The highest BCUT2D eigenvalue weighted by molar-refractivity contribution is 7.80. The highest BCUT2D eigenvalue weighted by Crippen LogP contribution is 2.20. The summed E-state index contributed by atoms with van der Waals surface area (Å²) in [4.78, 5) is 3.29. The summed E-state index contributed by atoms with van der Waals surface area (Å²) in [6.45, 7) is 4.82. The molecule has 1 saturated heterocycles. The van der Waals surface area contributed by atoms with Crippen molar-refractivity contribution in [3.8, 4) is 0 Å². The Morgan fingerprint density at radius 1 is 1.50 bits per heavy atom. The van der Waals surface area contributed by atoms with Gasteiger partial charge in [-0.15, -0.1) is 0 Å². The van der Waals surface area contributed by atoms with E-state index in [-0.39, 0.29) is 0 Å². The van der Waals surface area contributed by atoms with Gasteiger partial charge in [0.15, 0.2) is 0 Å². The Balaban J connectivity index is 2.08. The van der Waals surface area contributed by atoms with E-state index in [1.807, 2.05) is 0 Å². The predicted octanol–water partition coefficient (Wildman–Crippen LogP) is 2.32. The fourth-order valence-corrected chi connectivity index (χ4v) is 2.41. The smallest absolute Gasteiger partial charge is 0.0727 e. The molecule has 0 bridgehead atoms. The molecule has 2 nitrogen and oxygen atoms in total. The third-order valence-electron chi connectivity index (χ3n) is 3.09. The molecule has 1 aliphatic heterocycles. The van der Waals surface area contributed by atoms with Crippen molar-refractivity contribution in [3.63, 3.8) is 0 Å². The lowest BCUT2D eigenvalue weighted by Crippen LogP contribution is -2.29. The molecule has 0 saturated carbocycles. The van der Waals surface area contributed by atoms with Crippen LogP contribution in [-0.2, 0) is 0 Å². The second-order valence-corrected chi connectivity index (χ2v) is 4.69. The van der Waals surface area contributed by atoms with Crippen molar-refractivity contribution in [2.24, 2.45) is 5.73 Å². The van der Waals surface area contributed by atoms with Gasteiger partial charge in [0.25, 0.3) is 0 Å². The molecule has 82 valence electrons. The first-order chi connectivity index (χ1) is 6.74. The zero-order valence-corrected chi connectivity index (χ0v) is 9.98. The van der Waals surface area contributed by atoms with Gasteiger partial charge in [-0.3, -0.25) is 0 Å². The molecule has 1 aliphatic rings. The lowest BCUT2D eigenvalue weighted by Gasteiger charge is -2.22. The second kappa shape index (κ2) is 6.36. The number of likely N-dealkylation sites (tertiary alicyclic amines) is 1. The molecule has 3 heteroatoms. The maximum Gasteiger partial charge on any atom is 0.0727 e. The highest BCUT2D eigenvalue weighted by atomic mass is 32.1. The molecule has 2 N–H and O–H groups in total. The van der Waals surface area contributed by atoms with Crippen molar-refractivity contribution in [1.82, 2.24) is 4.90 Å². The topological polar surface area (TPSA) is 29.3 Å². The number of nitrogens with zero attached hydrogens (tertiary/aromatic N) is 1. The predicted molar refractivity (Wildman–Crippen MR) is 65.5 cm³/mol. The zero-order valence-electron chi connectivity index (χ0n) is 9.17. The third-order valence-corrected chi connectivity index (χ3v) is 3.29. The van der Waals surface area contributed by atoms with Gasteiger partial charge in [-0.1, -0.05) is 19.1 Å². The molecule has 1 fully saturated rings. The van der Waals surface area contributed by atoms with Crippen LogP contribution in [0.25, 0.3) is 0 Å². The van der Waals surface area contributed by atoms with Crippen LogP contribution in [0.4, 0.5) is 0 Å². The first-order valence-electron chi connectivity index (χ1n) is 5.76. The van der Waals surface area contributed by atoms with Gasteiger partial charge >= 0.3 is 0 Å². The molecule has 0 aromatic carbocycles. The van der Waals surface area contributed by atoms with Crippen molar-refractivity contribution in [3.05, 3.63) is 0 Å². The molecule has 1 atom stereocenters. The second-order valence-electron chi connectivity index (χ2n) is 4.16. The van der Waals surface area contributed by atoms with Crippen LogP contribution >= 0.6 is 12.2 Å². The van der Waals surface area contributed by atoms with Crippen LogP contribution in [0.3, 0.4) is 0 Å². The summed E-state index contributed by atoms with van der Waals surface area (Å²) in [6, 6.07) is 0.847. The van der Waals surface area contributed by atoms with E-state index in [1.165, 1.54) is 38.8 Å². The van der Waals surface area contributed by atoms with Crippen molar-refractivity contribution in [2.75, 3.05) is 13.1 Å². The summed E-state index contributed by atoms with van der Waals surface area (Å²) in [6.07, 6.45) is 7.39. The highest BCUT2D eigenvalue weighted by Gasteiger charge is 2.21. The van der Waals surface area contributed by atoms with Crippen LogP contribution in [0.5, 0.6) is 0 Å². The van der Waals surface area contributed by atoms with Crippen LogP contribution < -0.4 is 5.73 Å². The molecule has 0 spiro atoms. The molecule has 0 radical (unpaired) electrons. The number of thiocarbonyl (C=S) groups is 1. The maximum atomic E-state index is 5.46. The lowest BCUT2D eigenvalue weighted by molar-refractivity contribution is 0.244. The molecule has 1 heterocycles. The fourth-order valence-electron chi connectivity index (χ4n) is 2.27. The van der Waals surface area contributed by atoms with Crippen LogP contribution in [-0.4, -0.2) is 29.0 Å². The van der Waals surface area contributed by atoms with E-state index in [1.54, 1.807) is 0 Å². The number of rotatable bonds is 6. The Kier molecular flexibility index (Phi) is 5.41. The monoisotopic (exact) mass is 214 g/mol. The molecular formula is C11H22N2S. The van der Waals surface area contributed by atoms with Gasteiger partial charge in [-0.05, 0) is 51.6 Å². The Hall–Kier alpha value is -0.150. The summed E-state index contributed by atoms with van der Waals surface area (Å²) in [5, 5.41) is 0. The van der Waals surface area contributed by atoms with Gasteiger partial charge in [0.05, 0.1) is 4.99 Å². The fraction of sp³-hybridized carbons (Fsp3) is 0.909. The summed E-state index contributed by atoms with van der Waals surface area (Å²) >= 11 is 4.85. The van der Waals surface area contributed by atoms with Crippen molar-refractivity contribution >= 4 is 17.2 Å². The molecule has 0 aliphatic carbocycles. The van der Waals surface area contributed by atoms with Crippen molar-refractivity contribution < 1.29 is 0 Å². The van der Waals surface area contributed by atoms with E-state index in [9.17, 15) is 0 Å².